The highest BCUT2D eigenvalue weighted by molar-refractivity contribution is 6.03. The van der Waals surface area contributed by atoms with Gasteiger partial charge in [0.25, 0.3) is 0 Å². The summed E-state index contributed by atoms with van der Waals surface area (Å²) in [4.78, 5) is 37.3. The van der Waals surface area contributed by atoms with Gasteiger partial charge < -0.3 is 23.8 Å². The molecule has 0 radical (unpaired) electrons. The summed E-state index contributed by atoms with van der Waals surface area (Å²) < 4.78 is 33.7. The monoisotopic (exact) mass is 367 g/mol. The molecule has 9 heteroatoms. The number of ether oxygens (including phenoxy) is 4. The SMILES string of the molecule is COC(=O)C1=C(C(=O)OC)N(c2cc(C(=O)OC)cc(F)c2C)COC1. The number of carbonyl (C=O) groups excluding carboxylic acids is 3. The van der Waals surface area contributed by atoms with Crippen LogP contribution in [0.3, 0.4) is 0 Å². The normalized spacial score (nSPS) is 14.1. The number of methoxy groups -OCH3 is 3. The average Bonchev–Trinajstić information content (AvgIpc) is 2.67. The van der Waals surface area contributed by atoms with Crippen LogP contribution in [0.15, 0.2) is 23.4 Å². The lowest BCUT2D eigenvalue weighted by Gasteiger charge is -2.32. The lowest BCUT2D eigenvalue weighted by atomic mass is 10.1. The number of esters is 3. The Morgan fingerprint density at radius 2 is 1.65 bits per heavy atom. The van der Waals surface area contributed by atoms with Crippen molar-refractivity contribution in [2.75, 3.05) is 39.6 Å². The molecule has 1 heterocycles. The Morgan fingerprint density at radius 1 is 1.04 bits per heavy atom. The number of nitrogens with zero attached hydrogens (tertiary/aromatic N) is 1. The van der Waals surface area contributed by atoms with Gasteiger partial charge in [-0.15, -0.1) is 0 Å². The minimum absolute atomic E-state index is 0.0555. The van der Waals surface area contributed by atoms with Crippen molar-refractivity contribution in [3.63, 3.8) is 0 Å². The lowest BCUT2D eigenvalue weighted by molar-refractivity contribution is -0.140. The van der Waals surface area contributed by atoms with Gasteiger partial charge in [-0.05, 0) is 19.1 Å². The third kappa shape index (κ3) is 3.52. The lowest BCUT2D eigenvalue weighted by Crippen LogP contribution is -2.39. The van der Waals surface area contributed by atoms with E-state index in [1.165, 1.54) is 25.0 Å². The topological polar surface area (TPSA) is 91.4 Å². The molecule has 0 amide bonds. The van der Waals surface area contributed by atoms with Crippen LogP contribution in [0.4, 0.5) is 10.1 Å². The molecule has 1 aromatic rings. The first-order valence-electron chi connectivity index (χ1n) is 7.49. The van der Waals surface area contributed by atoms with E-state index in [2.05, 4.69) is 9.47 Å². The molecule has 2 rings (SSSR count). The maximum absolute atomic E-state index is 14.3. The van der Waals surface area contributed by atoms with Gasteiger partial charge >= 0.3 is 17.9 Å². The molecule has 0 atom stereocenters. The van der Waals surface area contributed by atoms with Crippen molar-refractivity contribution in [1.82, 2.24) is 0 Å². The smallest absolute Gasteiger partial charge is 0.355 e. The van der Waals surface area contributed by atoms with Crippen LogP contribution in [0.1, 0.15) is 15.9 Å². The maximum atomic E-state index is 14.3. The molecule has 0 unspecified atom stereocenters. The number of benzene rings is 1. The molecule has 1 aliphatic rings. The number of anilines is 1. The van der Waals surface area contributed by atoms with Crippen molar-refractivity contribution in [2.45, 2.75) is 6.92 Å². The Morgan fingerprint density at radius 3 is 2.23 bits per heavy atom. The fourth-order valence-corrected chi connectivity index (χ4v) is 2.51. The molecule has 0 N–H and O–H groups in total. The Labute approximate surface area is 149 Å². The molecule has 0 aromatic heterocycles. The zero-order valence-corrected chi connectivity index (χ0v) is 14.8. The highest BCUT2D eigenvalue weighted by Gasteiger charge is 2.33. The van der Waals surface area contributed by atoms with Crippen molar-refractivity contribution < 1.29 is 37.7 Å². The minimum Gasteiger partial charge on any atom is -0.466 e. The van der Waals surface area contributed by atoms with Crippen molar-refractivity contribution in [3.8, 4) is 0 Å². The first kappa shape index (κ1) is 19.4. The summed E-state index contributed by atoms with van der Waals surface area (Å²) in [7, 11) is 3.47. The molecule has 0 spiro atoms. The molecule has 1 aliphatic heterocycles. The van der Waals surface area contributed by atoms with E-state index in [4.69, 9.17) is 9.47 Å². The van der Waals surface area contributed by atoms with Gasteiger partial charge in [0.1, 0.15) is 18.2 Å². The predicted octanol–water partition coefficient (Wildman–Crippen LogP) is 1.31. The molecule has 0 aliphatic carbocycles. The number of carbonyl (C=O) groups is 3. The summed E-state index contributed by atoms with van der Waals surface area (Å²) >= 11 is 0. The van der Waals surface area contributed by atoms with Crippen LogP contribution in [-0.2, 0) is 28.5 Å². The van der Waals surface area contributed by atoms with Gasteiger partial charge in [-0.2, -0.15) is 0 Å². The van der Waals surface area contributed by atoms with Crippen LogP contribution < -0.4 is 4.90 Å². The summed E-state index contributed by atoms with van der Waals surface area (Å²) in [6.07, 6.45) is 0. The third-order valence-electron chi connectivity index (χ3n) is 3.86. The first-order valence-corrected chi connectivity index (χ1v) is 7.49. The van der Waals surface area contributed by atoms with E-state index in [9.17, 15) is 18.8 Å². The highest BCUT2D eigenvalue weighted by Crippen LogP contribution is 2.31. The third-order valence-corrected chi connectivity index (χ3v) is 3.86. The first-order chi connectivity index (χ1) is 12.3. The fourth-order valence-electron chi connectivity index (χ4n) is 2.51. The summed E-state index contributed by atoms with van der Waals surface area (Å²) in [5.41, 5.74) is 0.0321. The zero-order chi connectivity index (χ0) is 19.4. The van der Waals surface area contributed by atoms with E-state index < -0.39 is 23.7 Å². The minimum atomic E-state index is -0.822. The van der Waals surface area contributed by atoms with E-state index in [0.717, 1.165) is 20.3 Å². The molecule has 0 fully saturated rings. The molecule has 0 saturated carbocycles. The second-order valence-corrected chi connectivity index (χ2v) is 5.31. The fraction of sp³-hybridized carbons (Fsp3) is 0.353. The average molecular weight is 367 g/mol. The van der Waals surface area contributed by atoms with Crippen molar-refractivity contribution in [1.29, 1.82) is 0 Å². The molecule has 0 saturated heterocycles. The van der Waals surface area contributed by atoms with Gasteiger partial charge in [0.05, 0.1) is 44.8 Å². The number of rotatable bonds is 4. The Bertz CT molecular complexity index is 788. The van der Waals surface area contributed by atoms with Gasteiger partial charge in [-0.1, -0.05) is 0 Å². The summed E-state index contributed by atoms with van der Waals surface area (Å²) in [6, 6.07) is 2.37. The highest BCUT2D eigenvalue weighted by atomic mass is 19.1. The van der Waals surface area contributed by atoms with Crippen molar-refractivity contribution in [3.05, 3.63) is 40.3 Å². The summed E-state index contributed by atoms with van der Waals surface area (Å²) in [5.74, 6) is -3.04. The van der Waals surface area contributed by atoms with Gasteiger partial charge in [-0.25, -0.2) is 18.8 Å². The van der Waals surface area contributed by atoms with Crippen molar-refractivity contribution in [2.24, 2.45) is 0 Å². The number of hydrogen-bond acceptors (Lipinski definition) is 8. The molecular formula is C17H18FNO7. The van der Waals surface area contributed by atoms with Crippen LogP contribution in [0, 0.1) is 12.7 Å². The van der Waals surface area contributed by atoms with Gasteiger partial charge in [0.15, 0.2) is 0 Å². The van der Waals surface area contributed by atoms with E-state index in [1.807, 2.05) is 0 Å². The van der Waals surface area contributed by atoms with E-state index in [1.54, 1.807) is 0 Å². The quantitative estimate of drug-likeness (QED) is 0.581. The Balaban J connectivity index is 2.68. The Hall–Kier alpha value is -2.94. The van der Waals surface area contributed by atoms with Crippen LogP contribution in [0.25, 0.3) is 0 Å². The number of halogens is 1. The molecule has 8 nitrogen and oxygen atoms in total. The van der Waals surface area contributed by atoms with Gasteiger partial charge in [0, 0.05) is 5.56 Å². The van der Waals surface area contributed by atoms with Crippen LogP contribution >= 0.6 is 0 Å². The zero-order valence-electron chi connectivity index (χ0n) is 14.8. The predicted molar refractivity (Wildman–Crippen MR) is 86.8 cm³/mol. The van der Waals surface area contributed by atoms with Crippen LogP contribution in [-0.4, -0.2) is 52.6 Å². The number of hydrogen-bond donors (Lipinski definition) is 0. The largest absolute Gasteiger partial charge is 0.466 e. The Kier molecular flexibility index (Phi) is 5.93. The second kappa shape index (κ2) is 7.96. The van der Waals surface area contributed by atoms with E-state index >= 15 is 0 Å². The molecule has 140 valence electrons. The standard InChI is InChI=1S/C17H18FNO7/c1-9-12(18)5-10(15(20)23-2)6-13(9)19-8-26-7-11(16(21)24-3)14(19)17(22)25-4/h5-6H,7-8H2,1-4H3. The van der Waals surface area contributed by atoms with Gasteiger partial charge in [-0.3, -0.25) is 0 Å². The van der Waals surface area contributed by atoms with Gasteiger partial charge in [0.2, 0.25) is 0 Å². The molecule has 1 aromatic carbocycles. The van der Waals surface area contributed by atoms with Crippen LogP contribution in [0.2, 0.25) is 0 Å². The van der Waals surface area contributed by atoms with Crippen molar-refractivity contribution >= 4 is 23.6 Å². The summed E-state index contributed by atoms with van der Waals surface area (Å²) in [6.45, 7) is 1.13. The van der Waals surface area contributed by atoms with E-state index in [0.29, 0.717) is 0 Å². The molecular weight excluding hydrogens is 349 g/mol. The maximum Gasteiger partial charge on any atom is 0.355 e. The second-order valence-electron chi connectivity index (χ2n) is 5.31. The molecule has 0 bridgehead atoms. The summed E-state index contributed by atoms with van der Waals surface area (Å²) in [5, 5.41) is 0. The van der Waals surface area contributed by atoms with E-state index in [-0.39, 0.29) is 41.4 Å². The van der Waals surface area contributed by atoms with Crippen LogP contribution in [0.5, 0.6) is 0 Å². The molecule has 26 heavy (non-hydrogen) atoms.